The van der Waals surface area contributed by atoms with Gasteiger partial charge in [0.15, 0.2) is 0 Å². The molecule has 0 spiro atoms. The zero-order chi connectivity index (χ0) is 14.3. The molecule has 20 heavy (non-hydrogen) atoms. The predicted octanol–water partition coefficient (Wildman–Crippen LogP) is 2.78. The van der Waals surface area contributed by atoms with Crippen LogP contribution in [0.3, 0.4) is 0 Å². The molecule has 0 atom stereocenters. The summed E-state index contributed by atoms with van der Waals surface area (Å²) in [6.07, 6.45) is 0. The van der Waals surface area contributed by atoms with Crippen LogP contribution in [-0.2, 0) is 0 Å². The van der Waals surface area contributed by atoms with Gasteiger partial charge in [0, 0.05) is 5.39 Å². The van der Waals surface area contributed by atoms with Gasteiger partial charge in [0.25, 0.3) is 0 Å². The maximum atomic E-state index is 11.4. The summed E-state index contributed by atoms with van der Waals surface area (Å²) in [4.78, 5) is 26.4. The third-order valence-corrected chi connectivity index (χ3v) is 3.15. The summed E-state index contributed by atoms with van der Waals surface area (Å²) in [7, 11) is 0. The van der Waals surface area contributed by atoms with Crippen molar-refractivity contribution >= 4 is 33.6 Å². The molecular weight excluding hydrogens is 258 g/mol. The third kappa shape index (κ3) is 1.76. The number of benzene rings is 2. The number of hydrogen-bond acceptors (Lipinski definition) is 3. The number of nitrogens with zero attached hydrogens (tertiary/aromatic N) is 1. The zero-order valence-electron chi connectivity index (χ0n) is 10.2. The van der Waals surface area contributed by atoms with Crippen LogP contribution in [-0.4, -0.2) is 27.1 Å². The molecule has 3 rings (SSSR count). The Balaban J connectivity index is 2.54. The fourth-order valence-electron chi connectivity index (χ4n) is 2.29. The van der Waals surface area contributed by atoms with Crippen molar-refractivity contribution in [3.63, 3.8) is 0 Å². The average molecular weight is 267 g/mol. The summed E-state index contributed by atoms with van der Waals surface area (Å²) in [5, 5.41) is 20.4. The standard InChI is InChI=1S/C15H9NO4/c17-14(18)10-7-12(15(19)20)16-11-6-5-8-3-1-2-4-9(8)13(10)11/h1-7H,(H,17,18)(H,19,20). The monoisotopic (exact) mass is 267 g/mol. The van der Waals surface area contributed by atoms with Crippen LogP contribution in [0.5, 0.6) is 0 Å². The van der Waals surface area contributed by atoms with E-state index in [-0.39, 0.29) is 11.3 Å². The van der Waals surface area contributed by atoms with Crippen molar-refractivity contribution in [2.75, 3.05) is 0 Å². The second-order valence-electron chi connectivity index (χ2n) is 4.35. The Bertz CT molecular complexity index is 870. The van der Waals surface area contributed by atoms with Crippen LogP contribution in [0.2, 0.25) is 0 Å². The average Bonchev–Trinajstić information content (AvgIpc) is 2.45. The number of carbonyl (C=O) groups is 2. The fourth-order valence-corrected chi connectivity index (χ4v) is 2.29. The van der Waals surface area contributed by atoms with Gasteiger partial charge in [-0.3, -0.25) is 0 Å². The lowest BCUT2D eigenvalue weighted by Gasteiger charge is -2.07. The first kappa shape index (κ1) is 12.1. The first-order valence-corrected chi connectivity index (χ1v) is 5.87. The van der Waals surface area contributed by atoms with Crippen molar-refractivity contribution in [3.05, 3.63) is 53.7 Å². The van der Waals surface area contributed by atoms with Crippen molar-refractivity contribution in [2.24, 2.45) is 0 Å². The van der Waals surface area contributed by atoms with E-state index in [1.54, 1.807) is 24.3 Å². The van der Waals surface area contributed by atoms with E-state index in [1.807, 2.05) is 12.1 Å². The molecule has 0 saturated heterocycles. The topological polar surface area (TPSA) is 87.5 Å². The summed E-state index contributed by atoms with van der Waals surface area (Å²) in [5.41, 5.74) is 0.0374. The third-order valence-electron chi connectivity index (χ3n) is 3.15. The highest BCUT2D eigenvalue weighted by molar-refractivity contribution is 6.16. The Hall–Kier alpha value is -2.95. The van der Waals surface area contributed by atoms with Gasteiger partial charge in [-0.05, 0) is 22.9 Å². The lowest BCUT2D eigenvalue weighted by Crippen LogP contribution is -2.06. The maximum absolute atomic E-state index is 11.4. The summed E-state index contributed by atoms with van der Waals surface area (Å²) in [5.74, 6) is -2.42. The molecule has 0 radical (unpaired) electrons. The van der Waals surface area contributed by atoms with Gasteiger partial charge in [0.2, 0.25) is 0 Å². The molecule has 98 valence electrons. The van der Waals surface area contributed by atoms with Gasteiger partial charge in [-0.25, -0.2) is 14.6 Å². The quantitative estimate of drug-likeness (QED) is 0.697. The fraction of sp³-hybridized carbons (Fsp3) is 0. The largest absolute Gasteiger partial charge is 0.478 e. The number of hydrogen-bond donors (Lipinski definition) is 2. The van der Waals surface area contributed by atoms with Gasteiger partial charge >= 0.3 is 11.9 Å². The number of aromatic carboxylic acids is 2. The van der Waals surface area contributed by atoms with Crippen LogP contribution in [0.25, 0.3) is 21.7 Å². The van der Waals surface area contributed by atoms with Crippen LogP contribution >= 0.6 is 0 Å². The molecule has 5 heteroatoms. The molecule has 0 amide bonds. The van der Waals surface area contributed by atoms with E-state index < -0.39 is 11.9 Å². The maximum Gasteiger partial charge on any atom is 0.354 e. The number of fused-ring (bicyclic) bond motifs is 3. The van der Waals surface area contributed by atoms with E-state index in [0.29, 0.717) is 10.9 Å². The van der Waals surface area contributed by atoms with Gasteiger partial charge in [0.05, 0.1) is 11.1 Å². The summed E-state index contributed by atoms with van der Waals surface area (Å²) in [6.45, 7) is 0. The first-order chi connectivity index (χ1) is 9.58. The van der Waals surface area contributed by atoms with E-state index in [9.17, 15) is 14.7 Å². The predicted molar refractivity (Wildman–Crippen MR) is 73.2 cm³/mol. The summed E-state index contributed by atoms with van der Waals surface area (Å²) >= 11 is 0. The number of carboxylic acid groups (broad SMARTS) is 2. The van der Waals surface area contributed by atoms with Crippen LogP contribution in [0.15, 0.2) is 42.5 Å². The molecular formula is C15H9NO4. The van der Waals surface area contributed by atoms with Crippen LogP contribution in [0.4, 0.5) is 0 Å². The highest BCUT2D eigenvalue weighted by Gasteiger charge is 2.17. The number of carboxylic acids is 2. The minimum Gasteiger partial charge on any atom is -0.478 e. The highest BCUT2D eigenvalue weighted by Crippen LogP contribution is 2.28. The zero-order valence-corrected chi connectivity index (χ0v) is 10.2. The highest BCUT2D eigenvalue weighted by atomic mass is 16.4. The molecule has 0 saturated carbocycles. The molecule has 0 aliphatic carbocycles. The normalized spacial score (nSPS) is 10.8. The smallest absolute Gasteiger partial charge is 0.354 e. The molecule has 2 aromatic carbocycles. The summed E-state index contributed by atoms with van der Waals surface area (Å²) in [6, 6.07) is 11.8. The van der Waals surface area contributed by atoms with E-state index in [1.165, 1.54) is 0 Å². The molecule has 1 aromatic heterocycles. The SMILES string of the molecule is O=C(O)c1cc(C(=O)O)c2c(ccc3ccccc32)n1. The molecule has 0 fully saturated rings. The van der Waals surface area contributed by atoms with Gasteiger partial charge in [-0.1, -0.05) is 30.3 Å². The van der Waals surface area contributed by atoms with E-state index in [4.69, 9.17) is 5.11 Å². The van der Waals surface area contributed by atoms with Crippen LogP contribution in [0, 0.1) is 0 Å². The minimum absolute atomic E-state index is 0.0517. The van der Waals surface area contributed by atoms with Gasteiger partial charge in [0.1, 0.15) is 5.69 Å². The molecule has 0 unspecified atom stereocenters. The van der Waals surface area contributed by atoms with Crippen molar-refractivity contribution < 1.29 is 19.8 Å². The van der Waals surface area contributed by atoms with Crippen molar-refractivity contribution in [3.8, 4) is 0 Å². The van der Waals surface area contributed by atoms with Crippen molar-refractivity contribution in [1.29, 1.82) is 0 Å². The Morgan fingerprint density at radius 2 is 1.70 bits per heavy atom. The molecule has 1 heterocycles. The van der Waals surface area contributed by atoms with Crippen LogP contribution < -0.4 is 0 Å². The van der Waals surface area contributed by atoms with Gasteiger partial charge in [-0.15, -0.1) is 0 Å². The second-order valence-corrected chi connectivity index (χ2v) is 4.35. The minimum atomic E-state index is -1.25. The molecule has 2 N–H and O–H groups in total. The Morgan fingerprint density at radius 3 is 2.40 bits per heavy atom. The van der Waals surface area contributed by atoms with Crippen molar-refractivity contribution in [1.82, 2.24) is 4.98 Å². The van der Waals surface area contributed by atoms with Crippen LogP contribution in [0.1, 0.15) is 20.8 Å². The summed E-state index contributed by atoms with van der Waals surface area (Å²) < 4.78 is 0. The molecule has 3 aromatic rings. The molecule has 5 nitrogen and oxygen atoms in total. The molecule has 0 aliphatic heterocycles. The van der Waals surface area contributed by atoms with Crippen molar-refractivity contribution in [2.45, 2.75) is 0 Å². The Kier molecular flexibility index (Phi) is 2.61. The molecule has 0 bridgehead atoms. The lowest BCUT2D eigenvalue weighted by molar-refractivity contribution is 0.0691. The molecule has 0 aliphatic rings. The first-order valence-electron chi connectivity index (χ1n) is 5.87. The van der Waals surface area contributed by atoms with E-state index in [0.717, 1.165) is 16.8 Å². The number of rotatable bonds is 2. The Labute approximate surface area is 113 Å². The number of aromatic nitrogens is 1. The van der Waals surface area contributed by atoms with E-state index in [2.05, 4.69) is 4.98 Å². The Morgan fingerprint density at radius 1 is 0.950 bits per heavy atom. The lowest BCUT2D eigenvalue weighted by atomic mass is 10.00. The van der Waals surface area contributed by atoms with Gasteiger partial charge < -0.3 is 10.2 Å². The van der Waals surface area contributed by atoms with Gasteiger partial charge in [-0.2, -0.15) is 0 Å². The second kappa shape index (κ2) is 4.31. The van der Waals surface area contributed by atoms with E-state index >= 15 is 0 Å². The number of pyridine rings is 1.